The molecule has 2 aromatic rings. The highest BCUT2D eigenvalue weighted by atomic mass is 19.4. The maximum Gasteiger partial charge on any atom is 0.573 e. The van der Waals surface area contributed by atoms with Gasteiger partial charge < -0.3 is 24.4 Å². The van der Waals surface area contributed by atoms with E-state index < -0.39 is 18.7 Å². The number of halogens is 5. The molecule has 0 spiro atoms. The van der Waals surface area contributed by atoms with Crippen molar-refractivity contribution in [2.75, 3.05) is 26.0 Å². The second-order valence-corrected chi connectivity index (χ2v) is 6.29. The number of nitrogens with one attached hydrogen (secondary N) is 2. The zero-order valence-electron chi connectivity index (χ0n) is 16.1. The van der Waals surface area contributed by atoms with Crippen LogP contribution < -0.4 is 24.4 Å². The molecule has 0 heterocycles. The van der Waals surface area contributed by atoms with Crippen LogP contribution in [0.25, 0.3) is 0 Å². The SMILES string of the molecule is COc1cc(C[NH+](C)CC(=O)Nc2ccc(OC(F)(F)F)cc2)ccc1OC(F)F. The molecule has 30 heavy (non-hydrogen) atoms. The zero-order chi connectivity index (χ0) is 22.3. The van der Waals surface area contributed by atoms with E-state index >= 15 is 0 Å². The smallest absolute Gasteiger partial charge is 0.493 e. The average Bonchev–Trinajstić information content (AvgIpc) is 2.62. The highest BCUT2D eigenvalue weighted by Gasteiger charge is 2.31. The first kappa shape index (κ1) is 23.2. The monoisotopic (exact) mass is 435 g/mol. The molecule has 0 fully saturated rings. The molecule has 11 heteroatoms. The Balaban J connectivity index is 1.90. The number of anilines is 1. The molecule has 164 valence electrons. The van der Waals surface area contributed by atoms with E-state index in [4.69, 9.17) is 4.74 Å². The van der Waals surface area contributed by atoms with Gasteiger partial charge in [-0.2, -0.15) is 8.78 Å². The number of amides is 1. The van der Waals surface area contributed by atoms with Crippen LogP contribution in [0.1, 0.15) is 5.56 Å². The molecule has 1 unspecified atom stereocenters. The van der Waals surface area contributed by atoms with Gasteiger partial charge in [-0.05, 0) is 42.5 Å². The summed E-state index contributed by atoms with van der Waals surface area (Å²) in [4.78, 5) is 12.9. The molecular weight excluding hydrogens is 415 g/mol. The number of carbonyl (C=O) groups is 1. The summed E-state index contributed by atoms with van der Waals surface area (Å²) in [5, 5.41) is 2.58. The molecule has 0 aliphatic heterocycles. The number of alkyl halides is 5. The van der Waals surface area contributed by atoms with Crippen molar-refractivity contribution < 1.29 is 45.9 Å². The number of likely N-dealkylation sites (N-methyl/N-ethyl adjacent to an activating group) is 1. The van der Waals surface area contributed by atoms with Crippen molar-refractivity contribution in [1.29, 1.82) is 0 Å². The number of carbonyl (C=O) groups excluding carboxylic acids is 1. The van der Waals surface area contributed by atoms with E-state index in [0.29, 0.717) is 12.2 Å². The summed E-state index contributed by atoms with van der Waals surface area (Å²) >= 11 is 0. The molecule has 0 aliphatic rings. The topological polar surface area (TPSA) is 61.2 Å². The van der Waals surface area contributed by atoms with Crippen LogP contribution in [0, 0.1) is 0 Å². The lowest BCUT2D eigenvalue weighted by Gasteiger charge is -2.16. The van der Waals surface area contributed by atoms with Gasteiger partial charge in [0.15, 0.2) is 18.0 Å². The Morgan fingerprint density at radius 1 is 1.10 bits per heavy atom. The molecule has 0 radical (unpaired) electrons. The van der Waals surface area contributed by atoms with E-state index in [-0.39, 0.29) is 24.0 Å². The van der Waals surface area contributed by atoms with Crippen molar-refractivity contribution >= 4 is 11.6 Å². The van der Waals surface area contributed by atoms with Gasteiger partial charge in [0.2, 0.25) is 0 Å². The maximum absolute atomic E-state index is 12.4. The molecule has 1 atom stereocenters. The maximum atomic E-state index is 12.4. The van der Waals surface area contributed by atoms with Crippen molar-refractivity contribution in [3.05, 3.63) is 48.0 Å². The number of hydrogen-bond donors (Lipinski definition) is 2. The van der Waals surface area contributed by atoms with Gasteiger partial charge in [0.25, 0.3) is 5.91 Å². The quantitative estimate of drug-likeness (QED) is 0.595. The number of rotatable bonds is 9. The lowest BCUT2D eigenvalue weighted by Crippen LogP contribution is -3.08. The number of ether oxygens (including phenoxy) is 3. The van der Waals surface area contributed by atoms with Gasteiger partial charge >= 0.3 is 13.0 Å². The number of benzene rings is 2. The minimum atomic E-state index is -4.79. The van der Waals surface area contributed by atoms with Crippen molar-refractivity contribution in [3.8, 4) is 17.2 Å². The van der Waals surface area contributed by atoms with Gasteiger partial charge in [-0.25, -0.2) is 0 Å². The van der Waals surface area contributed by atoms with E-state index in [1.165, 1.54) is 25.3 Å². The highest BCUT2D eigenvalue weighted by molar-refractivity contribution is 5.91. The second kappa shape index (κ2) is 10.1. The number of hydrogen-bond acceptors (Lipinski definition) is 4. The van der Waals surface area contributed by atoms with Crippen molar-refractivity contribution in [3.63, 3.8) is 0 Å². The van der Waals surface area contributed by atoms with E-state index in [1.54, 1.807) is 19.2 Å². The lowest BCUT2D eigenvalue weighted by atomic mass is 10.2. The minimum absolute atomic E-state index is 0.0540. The fraction of sp³-hybridized carbons (Fsp3) is 0.316. The van der Waals surface area contributed by atoms with Gasteiger partial charge in [-0.1, -0.05) is 0 Å². The second-order valence-electron chi connectivity index (χ2n) is 6.29. The van der Waals surface area contributed by atoms with Crippen LogP contribution in [0.5, 0.6) is 17.2 Å². The van der Waals surface area contributed by atoms with Crippen LogP contribution >= 0.6 is 0 Å². The van der Waals surface area contributed by atoms with Crippen LogP contribution in [-0.2, 0) is 11.3 Å². The van der Waals surface area contributed by atoms with Crippen LogP contribution in [0.2, 0.25) is 0 Å². The van der Waals surface area contributed by atoms with Crippen LogP contribution in [0.4, 0.5) is 27.6 Å². The summed E-state index contributed by atoms with van der Waals surface area (Å²) in [6, 6.07) is 9.25. The first-order valence-electron chi connectivity index (χ1n) is 8.64. The first-order chi connectivity index (χ1) is 14.1. The number of quaternary nitrogens is 1. The Labute approximate surface area is 169 Å². The van der Waals surface area contributed by atoms with Crippen molar-refractivity contribution in [2.24, 2.45) is 0 Å². The van der Waals surface area contributed by atoms with Gasteiger partial charge in [-0.3, -0.25) is 4.79 Å². The number of methoxy groups -OCH3 is 1. The highest BCUT2D eigenvalue weighted by Crippen LogP contribution is 2.29. The largest absolute Gasteiger partial charge is 0.573 e. The predicted octanol–water partition coefficient (Wildman–Crippen LogP) is 2.85. The van der Waals surface area contributed by atoms with Crippen molar-refractivity contribution in [1.82, 2.24) is 0 Å². The molecule has 2 rings (SSSR count). The molecular formula is C19H20F5N2O4+. The third-order valence-electron chi connectivity index (χ3n) is 3.78. The Bertz CT molecular complexity index is 844. The molecule has 1 amide bonds. The summed E-state index contributed by atoms with van der Waals surface area (Å²) in [7, 11) is 3.07. The minimum Gasteiger partial charge on any atom is -0.493 e. The summed E-state index contributed by atoms with van der Waals surface area (Å²) in [6.07, 6.45) is -4.79. The van der Waals surface area contributed by atoms with Gasteiger partial charge in [0.05, 0.1) is 14.2 Å². The normalized spacial score (nSPS) is 12.4. The molecule has 0 saturated heterocycles. The van der Waals surface area contributed by atoms with E-state index in [1.807, 2.05) is 0 Å². The first-order valence-corrected chi connectivity index (χ1v) is 8.64. The van der Waals surface area contributed by atoms with Crippen molar-refractivity contribution in [2.45, 2.75) is 19.5 Å². The third-order valence-corrected chi connectivity index (χ3v) is 3.78. The van der Waals surface area contributed by atoms with Crippen LogP contribution in [0.15, 0.2) is 42.5 Å². The summed E-state index contributed by atoms with van der Waals surface area (Å²) in [5.74, 6) is -0.700. The lowest BCUT2D eigenvalue weighted by molar-refractivity contribution is -0.885. The molecule has 2 N–H and O–H groups in total. The molecule has 2 aromatic carbocycles. The van der Waals surface area contributed by atoms with E-state index in [2.05, 4.69) is 14.8 Å². The van der Waals surface area contributed by atoms with Crippen LogP contribution in [-0.4, -0.2) is 39.6 Å². The summed E-state index contributed by atoms with van der Waals surface area (Å²) in [5.41, 5.74) is 1.05. The van der Waals surface area contributed by atoms with Gasteiger partial charge in [0, 0.05) is 11.3 Å². The Morgan fingerprint density at radius 3 is 2.33 bits per heavy atom. The standard InChI is InChI=1S/C19H19F5N2O4/c1-26(10-12-3-8-15(29-18(20)21)16(9-12)28-2)11-17(27)25-13-4-6-14(7-5-13)30-19(22,23)24/h3-9,18H,10-11H2,1-2H3,(H,25,27)/p+1. The summed E-state index contributed by atoms with van der Waals surface area (Å²) < 4.78 is 74.4. The Morgan fingerprint density at radius 2 is 1.77 bits per heavy atom. The molecule has 6 nitrogen and oxygen atoms in total. The third kappa shape index (κ3) is 7.74. The Kier molecular flexibility index (Phi) is 7.81. The molecule has 0 aromatic heterocycles. The fourth-order valence-electron chi connectivity index (χ4n) is 2.65. The van der Waals surface area contributed by atoms with Crippen LogP contribution in [0.3, 0.4) is 0 Å². The fourth-order valence-corrected chi connectivity index (χ4v) is 2.65. The molecule has 0 bridgehead atoms. The van der Waals surface area contributed by atoms with E-state index in [9.17, 15) is 26.7 Å². The summed E-state index contributed by atoms with van der Waals surface area (Å²) in [6.45, 7) is -2.54. The zero-order valence-corrected chi connectivity index (χ0v) is 16.1. The van der Waals surface area contributed by atoms with Gasteiger partial charge in [0.1, 0.15) is 12.3 Å². The molecule has 0 saturated carbocycles. The molecule has 0 aliphatic carbocycles. The predicted molar refractivity (Wildman–Crippen MR) is 96.8 cm³/mol. The Hall–Kier alpha value is -3.08. The van der Waals surface area contributed by atoms with E-state index in [0.717, 1.165) is 22.6 Å². The average molecular weight is 435 g/mol. The van der Waals surface area contributed by atoms with Gasteiger partial charge in [-0.15, -0.1) is 13.2 Å².